The van der Waals surface area contributed by atoms with Crippen molar-refractivity contribution in [3.8, 4) is 5.75 Å². The van der Waals surface area contributed by atoms with Crippen LogP contribution in [0, 0.1) is 5.92 Å². The number of rotatable bonds is 5. The van der Waals surface area contributed by atoms with Crippen LogP contribution in [0.5, 0.6) is 5.75 Å². The normalized spacial score (nSPS) is 16.4. The smallest absolute Gasteiger partial charge is 0.409 e. The minimum absolute atomic E-state index is 0.0693. The zero-order valence-corrected chi connectivity index (χ0v) is 8.16. The van der Waals surface area contributed by atoms with E-state index in [4.69, 9.17) is 0 Å². The van der Waals surface area contributed by atoms with E-state index in [1.807, 2.05) is 0 Å². The fourth-order valence-electron chi connectivity index (χ4n) is 1.15. The molecule has 0 radical (unpaired) electrons. The first kappa shape index (κ1) is 10.4. The van der Waals surface area contributed by atoms with Gasteiger partial charge in [0, 0.05) is 0 Å². The number of hydrogen-bond acceptors (Lipinski definition) is 2. The van der Waals surface area contributed by atoms with Crippen molar-refractivity contribution in [3.63, 3.8) is 0 Å². The molecule has 4 heteroatoms. The summed E-state index contributed by atoms with van der Waals surface area (Å²) in [5.74, 6) is 0.397. The summed E-state index contributed by atoms with van der Waals surface area (Å²) in [5, 5.41) is 0. The summed E-state index contributed by atoms with van der Waals surface area (Å²) in [5.41, 5.74) is 0. The molecular formula is C11H12F2O2. The minimum Gasteiger partial charge on any atom is -0.409 e. The lowest BCUT2D eigenvalue weighted by Gasteiger charge is -2.17. The van der Waals surface area contributed by atoms with E-state index in [9.17, 15) is 8.78 Å². The van der Waals surface area contributed by atoms with Gasteiger partial charge in [0.1, 0.15) is 5.75 Å². The van der Waals surface area contributed by atoms with E-state index in [0.717, 1.165) is 12.8 Å². The highest BCUT2D eigenvalue weighted by molar-refractivity contribution is 5.21. The fraction of sp³-hybridized carbons (Fsp3) is 0.455. The second kappa shape index (κ2) is 4.14. The first-order chi connectivity index (χ1) is 7.16. The fourth-order valence-corrected chi connectivity index (χ4v) is 1.15. The average molecular weight is 214 g/mol. The molecule has 0 saturated heterocycles. The van der Waals surface area contributed by atoms with Crippen LogP contribution in [0.3, 0.4) is 0 Å². The Kier molecular flexibility index (Phi) is 2.86. The van der Waals surface area contributed by atoms with Crippen molar-refractivity contribution in [2.75, 3.05) is 6.61 Å². The summed E-state index contributed by atoms with van der Waals surface area (Å²) in [4.78, 5) is 0. The van der Waals surface area contributed by atoms with Crippen molar-refractivity contribution in [2.45, 2.75) is 19.1 Å². The van der Waals surface area contributed by atoms with Gasteiger partial charge in [0.15, 0.2) is 0 Å². The van der Waals surface area contributed by atoms with Crippen LogP contribution in [0.4, 0.5) is 8.78 Å². The third-order valence-electron chi connectivity index (χ3n) is 2.16. The van der Waals surface area contributed by atoms with E-state index in [0.29, 0.717) is 0 Å². The maximum atomic E-state index is 13.1. The molecule has 0 amide bonds. The second-order valence-electron chi connectivity index (χ2n) is 3.63. The summed E-state index contributed by atoms with van der Waals surface area (Å²) < 4.78 is 34.9. The minimum atomic E-state index is -3.52. The second-order valence-corrected chi connectivity index (χ2v) is 3.63. The maximum absolute atomic E-state index is 13.1. The molecule has 1 fully saturated rings. The van der Waals surface area contributed by atoms with Gasteiger partial charge in [-0.2, -0.15) is 0 Å². The molecule has 1 aliphatic carbocycles. The molecule has 0 spiro atoms. The number of ether oxygens (including phenoxy) is 2. The molecule has 0 heterocycles. The third-order valence-corrected chi connectivity index (χ3v) is 2.16. The van der Waals surface area contributed by atoms with Crippen molar-refractivity contribution in [2.24, 2.45) is 5.92 Å². The molecule has 2 nitrogen and oxygen atoms in total. The molecule has 0 atom stereocenters. The highest BCUT2D eigenvalue weighted by Crippen LogP contribution is 2.31. The van der Waals surface area contributed by atoms with Gasteiger partial charge in [0.2, 0.25) is 0 Å². The van der Waals surface area contributed by atoms with Crippen LogP contribution in [0.2, 0.25) is 0 Å². The Morgan fingerprint density at radius 3 is 2.47 bits per heavy atom. The van der Waals surface area contributed by atoms with E-state index in [1.165, 1.54) is 12.1 Å². The third kappa shape index (κ3) is 3.47. The Hall–Kier alpha value is -1.16. The van der Waals surface area contributed by atoms with Gasteiger partial charge in [0.05, 0.1) is 6.61 Å². The van der Waals surface area contributed by atoms with E-state index < -0.39 is 6.29 Å². The van der Waals surface area contributed by atoms with Gasteiger partial charge in [-0.25, -0.2) is 0 Å². The first-order valence-electron chi connectivity index (χ1n) is 4.91. The molecule has 0 aliphatic heterocycles. The van der Waals surface area contributed by atoms with Crippen LogP contribution >= 0.6 is 0 Å². The molecule has 1 aliphatic rings. The first-order valence-corrected chi connectivity index (χ1v) is 4.91. The molecule has 1 saturated carbocycles. The lowest BCUT2D eigenvalue weighted by Crippen LogP contribution is -2.29. The Morgan fingerprint density at radius 2 is 1.87 bits per heavy atom. The van der Waals surface area contributed by atoms with E-state index >= 15 is 0 Å². The zero-order chi connectivity index (χ0) is 10.7. The van der Waals surface area contributed by atoms with E-state index in [1.54, 1.807) is 18.2 Å². The van der Waals surface area contributed by atoms with Gasteiger partial charge in [0.25, 0.3) is 0 Å². The SMILES string of the molecule is FC(F)(OCC1CC1)Oc1ccccc1. The lowest BCUT2D eigenvalue weighted by atomic mass is 10.3. The Morgan fingerprint density at radius 1 is 1.20 bits per heavy atom. The van der Waals surface area contributed by atoms with Crippen LogP contribution in [0.1, 0.15) is 12.8 Å². The highest BCUT2D eigenvalue weighted by Gasteiger charge is 2.36. The molecule has 1 aromatic carbocycles. The number of halogens is 2. The molecule has 0 aromatic heterocycles. The molecule has 82 valence electrons. The van der Waals surface area contributed by atoms with Crippen molar-refractivity contribution in [1.29, 1.82) is 0 Å². The van der Waals surface area contributed by atoms with Gasteiger partial charge >= 0.3 is 6.29 Å². The molecule has 0 N–H and O–H groups in total. The number of para-hydroxylation sites is 1. The number of hydrogen-bond donors (Lipinski definition) is 0. The molecule has 2 rings (SSSR count). The standard InChI is InChI=1S/C11H12F2O2/c12-11(13,14-8-9-6-7-9)15-10-4-2-1-3-5-10/h1-5,9H,6-8H2. The molecule has 0 unspecified atom stereocenters. The number of alkyl halides is 2. The van der Waals surface area contributed by atoms with Gasteiger partial charge in [-0.15, -0.1) is 8.78 Å². The topological polar surface area (TPSA) is 18.5 Å². The van der Waals surface area contributed by atoms with Gasteiger partial charge in [-0.1, -0.05) is 18.2 Å². The summed E-state index contributed by atoms with van der Waals surface area (Å²) in [6.07, 6.45) is -1.58. The van der Waals surface area contributed by atoms with Gasteiger partial charge < -0.3 is 4.74 Å². The quantitative estimate of drug-likeness (QED) is 0.701. The average Bonchev–Trinajstić information content (AvgIpc) is 2.99. The van der Waals surface area contributed by atoms with Crippen LogP contribution in [0.15, 0.2) is 30.3 Å². The van der Waals surface area contributed by atoms with Gasteiger partial charge in [-0.05, 0) is 30.9 Å². The van der Waals surface area contributed by atoms with E-state index in [2.05, 4.69) is 9.47 Å². The highest BCUT2D eigenvalue weighted by atomic mass is 19.3. The monoisotopic (exact) mass is 214 g/mol. The lowest BCUT2D eigenvalue weighted by molar-refractivity contribution is -0.354. The molecular weight excluding hydrogens is 202 g/mol. The van der Waals surface area contributed by atoms with Crippen LogP contribution in [-0.2, 0) is 4.74 Å². The predicted octanol–water partition coefficient (Wildman–Crippen LogP) is 3.04. The summed E-state index contributed by atoms with van der Waals surface area (Å²) >= 11 is 0. The summed E-state index contributed by atoms with van der Waals surface area (Å²) in [6.45, 7) is 0.0693. The Labute approximate surface area is 86.8 Å². The molecule has 1 aromatic rings. The molecule has 15 heavy (non-hydrogen) atoms. The largest absolute Gasteiger partial charge is 0.535 e. The van der Waals surface area contributed by atoms with Crippen molar-refractivity contribution >= 4 is 0 Å². The summed E-state index contributed by atoms with van der Waals surface area (Å²) in [6, 6.07) is 7.93. The zero-order valence-electron chi connectivity index (χ0n) is 8.16. The van der Waals surface area contributed by atoms with Crippen molar-refractivity contribution in [1.82, 2.24) is 0 Å². The predicted molar refractivity (Wildman–Crippen MR) is 50.7 cm³/mol. The van der Waals surface area contributed by atoms with Crippen molar-refractivity contribution < 1.29 is 18.3 Å². The molecule has 0 bridgehead atoms. The van der Waals surface area contributed by atoms with E-state index in [-0.39, 0.29) is 18.3 Å². The van der Waals surface area contributed by atoms with Crippen LogP contribution in [0.25, 0.3) is 0 Å². The van der Waals surface area contributed by atoms with Gasteiger partial charge in [-0.3, -0.25) is 4.74 Å². The van der Waals surface area contributed by atoms with Crippen LogP contribution < -0.4 is 4.74 Å². The Balaban J connectivity index is 1.85. The summed E-state index contributed by atoms with van der Waals surface area (Å²) in [7, 11) is 0. The Bertz CT molecular complexity index is 310. The maximum Gasteiger partial charge on any atom is 0.535 e. The number of benzene rings is 1. The van der Waals surface area contributed by atoms with Crippen molar-refractivity contribution in [3.05, 3.63) is 30.3 Å². The van der Waals surface area contributed by atoms with Crippen LogP contribution in [-0.4, -0.2) is 12.9 Å².